The average Bonchev–Trinajstić information content (AvgIpc) is 2.70. The van der Waals surface area contributed by atoms with Gasteiger partial charge >= 0.3 is 0 Å². The van der Waals surface area contributed by atoms with Gasteiger partial charge in [0.2, 0.25) is 5.91 Å². The highest BCUT2D eigenvalue weighted by Crippen LogP contribution is 2.24. The van der Waals surface area contributed by atoms with Gasteiger partial charge in [0.25, 0.3) is 0 Å². The molecular formula is C26H35N3O2. The van der Waals surface area contributed by atoms with Crippen LogP contribution in [0.15, 0.2) is 54.2 Å². The summed E-state index contributed by atoms with van der Waals surface area (Å²) in [6, 6.07) is 10.9. The molecule has 0 atom stereocenters. The topological polar surface area (TPSA) is 82.9 Å². The lowest BCUT2D eigenvalue weighted by molar-refractivity contribution is -0.115. The summed E-state index contributed by atoms with van der Waals surface area (Å²) in [5, 5.41) is 10.8. The first-order valence-corrected chi connectivity index (χ1v) is 10.7. The average molecular weight is 422 g/mol. The van der Waals surface area contributed by atoms with Crippen molar-refractivity contribution in [2.75, 3.05) is 5.32 Å². The number of nitrogens with zero attached hydrogens (tertiary/aromatic N) is 1. The Balaban J connectivity index is 0.00000233. The molecule has 0 saturated heterocycles. The molecule has 0 aliphatic carbocycles. The van der Waals surface area contributed by atoms with Crippen molar-refractivity contribution in [3.63, 3.8) is 0 Å². The molecule has 0 unspecified atom stereocenters. The number of carbonyl (C=O) groups excluding carboxylic acids is 2. The number of carbonyl (C=O) groups is 2. The van der Waals surface area contributed by atoms with Crippen molar-refractivity contribution in [1.82, 2.24) is 4.98 Å². The second kappa shape index (κ2) is 11.9. The smallest absolute Gasteiger partial charge is 0.230 e. The Bertz CT molecular complexity index is 936. The van der Waals surface area contributed by atoms with Gasteiger partial charge in [0.15, 0.2) is 5.78 Å². The Morgan fingerprint density at radius 1 is 1.10 bits per heavy atom. The number of allylic oxidation sites excluding steroid dienone is 2. The van der Waals surface area contributed by atoms with E-state index in [1.54, 1.807) is 24.4 Å². The molecule has 2 aromatic rings. The Hall–Kier alpha value is -3.08. The molecule has 31 heavy (non-hydrogen) atoms. The Labute approximate surface area is 186 Å². The predicted molar refractivity (Wildman–Crippen MR) is 129 cm³/mol. The quantitative estimate of drug-likeness (QED) is 0.413. The molecule has 0 saturated carbocycles. The largest absolute Gasteiger partial charge is 0.326 e. The maximum atomic E-state index is 12.4. The molecule has 2 rings (SSSR count). The van der Waals surface area contributed by atoms with Gasteiger partial charge in [-0.15, -0.1) is 0 Å². The molecule has 5 heteroatoms. The highest BCUT2D eigenvalue weighted by molar-refractivity contribution is 6.09. The minimum Gasteiger partial charge on any atom is -0.326 e. The van der Waals surface area contributed by atoms with Gasteiger partial charge in [-0.2, -0.15) is 0 Å². The van der Waals surface area contributed by atoms with Crippen molar-refractivity contribution >= 4 is 23.1 Å². The third-order valence-electron chi connectivity index (χ3n) is 4.80. The number of nitrogens with one attached hydrogen (secondary N) is 2. The Morgan fingerprint density at radius 2 is 1.71 bits per heavy atom. The van der Waals surface area contributed by atoms with Gasteiger partial charge in [0, 0.05) is 24.0 Å². The second-order valence-corrected chi connectivity index (χ2v) is 8.29. The molecule has 0 spiro atoms. The van der Waals surface area contributed by atoms with Gasteiger partial charge in [0.05, 0.1) is 6.42 Å². The van der Waals surface area contributed by atoms with Crippen LogP contribution in [-0.4, -0.2) is 22.4 Å². The maximum Gasteiger partial charge on any atom is 0.230 e. The lowest BCUT2D eigenvalue weighted by Crippen LogP contribution is -2.16. The fourth-order valence-electron chi connectivity index (χ4n) is 2.66. The van der Waals surface area contributed by atoms with Crippen LogP contribution in [0.4, 0.5) is 5.69 Å². The van der Waals surface area contributed by atoms with Gasteiger partial charge in [-0.05, 0) is 54.7 Å². The third kappa shape index (κ3) is 8.67. The zero-order valence-corrected chi connectivity index (χ0v) is 19.8. The van der Waals surface area contributed by atoms with Gasteiger partial charge < -0.3 is 10.7 Å². The lowest BCUT2D eigenvalue weighted by Gasteiger charge is -2.19. The molecule has 5 nitrogen and oxygen atoms in total. The SMILES string of the molecule is C/C(=C\C(=N)CC(=O)Nc1ccc(CC(=O)c2ncccc2C)cc1)C(C)(C)C.CC. The van der Waals surface area contributed by atoms with Crippen LogP contribution in [0.1, 0.15) is 69.6 Å². The van der Waals surface area contributed by atoms with Crippen molar-refractivity contribution < 1.29 is 9.59 Å². The number of hydrogen-bond donors (Lipinski definition) is 2. The van der Waals surface area contributed by atoms with E-state index in [9.17, 15) is 9.59 Å². The highest BCUT2D eigenvalue weighted by atomic mass is 16.1. The first-order chi connectivity index (χ1) is 14.6. The molecule has 0 bridgehead atoms. The zero-order valence-electron chi connectivity index (χ0n) is 19.8. The fraction of sp³-hybridized carbons (Fsp3) is 0.385. The number of amides is 1. The van der Waals surface area contributed by atoms with Crippen LogP contribution in [-0.2, 0) is 11.2 Å². The maximum absolute atomic E-state index is 12.4. The van der Waals surface area contributed by atoms with Crippen LogP contribution in [0.2, 0.25) is 0 Å². The van der Waals surface area contributed by atoms with Crippen molar-refractivity contribution in [3.05, 3.63) is 71.1 Å². The van der Waals surface area contributed by atoms with Crippen LogP contribution in [0.5, 0.6) is 0 Å². The van der Waals surface area contributed by atoms with Gasteiger partial charge in [-0.3, -0.25) is 14.6 Å². The van der Waals surface area contributed by atoms with Crippen molar-refractivity contribution in [1.29, 1.82) is 5.41 Å². The van der Waals surface area contributed by atoms with Crippen LogP contribution < -0.4 is 5.32 Å². The Morgan fingerprint density at radius 3 is 2.26 bits per heavy atom. The first-order valence-electron chi connectivity index (χ1n) is 10.7. The van der Waals surface area contributed by atoms with E-state index in [1.165, 1.54) is 0 Å². The summed E-state index contributed by atoms with van der Waals surface area (Å²) < 4.78 is 0. The predicted octanol–water partition coefficient (Wildman–Crippen LogP) is 6.18. The van der Waals surface area contributed by atoms with Crippen LogP contribution in [0.25, 0.3) is 0 Å². The number of pyridine rings is 1. The number of hydrogen-bond acceptors (Lipinski definition) is 4. The number of rotatable bonds is 7. The van der Waals surface area contributed by atoms with E-state index in [2.05, 4.69) is 31.1 Å². The summed E-state index contributed by atoms with van der Waals surface area (Å²) in [6.45, 7) is 14.1. The molecule has 0 aliphatic rings. The number of ketones is 1. The molecular weight excluding hydrogens is 386 g/mol. The van der Waals surface area contributed by atoms with E-state index in [0.717, 1.165) is 16.7 Å². The Kier molecular flexibility index (Phi) is 10.00. The van der Waals surface area contributed by atoms with E-state index >= 15 is 0 Å². The summed E-state index contributed by atoms with van der Waals surface area (Å²) in [7, 11) is 0. The standard InChI is InChI=1S/C24H29N3O2.C2H6/c1-16-7-6-12-26-23(16)21(28)14-18-8-10-20(11-9-18)27-22(29)15-19(25)13-17(2)24(3,4)5;1-2/h6-13,25H,14-15H2,1-5H3,(H,27,29);1-2H3/b17-13+,25-19?;. The van der Waals surface area contributed by atoms with Gasteiger partial charge in [0.1, 0.15) is 5.69 Å². The number of aromatic nitrogens is 1. The van der Waals surface area contributed by atoms with Crippen LogP contribution >= 0.6 is 0 Å². The summed E-state index contributed by atoms with van der Waals surface area (Å²) in [6.07, 6.45) is 3.66. The third-order valence-corrected chi connectivity index (χ3v) is 4.80. The summed E-state index contributed by atoms with van der Waals surface area (Å²) in [5.41, 5.74) is 4.17. The van der Waals surface area contributed by atoms with Crippen LogP contribution in [0, 0.1) is 17.7 Å². The minimum absolute atomic E-state index is 0.0204. The van der Waals surface area contributed by atoms with E-state index in [-0.39, 0.29) is 35.7 Å². The molecule has 166 valence electrons. The number of benzene rings is 1. The molecule has 1 amide bonds. The van der Waals surface area contributed by atoms with Crippen LogP contribution in [0.3, 0.4) is 0 Å². The number of anilines is 1. The van der Waals surface area contributed by atoms with Gasteiger partial charge in [-0.25, -0.2) is 0 Å². The first kappa shape index (κ1) is 26.0. The molecule has 0 aliphatic heterocycles. The van der Waals surface area contributed by atoms with Crippen molar-refractivity contribution in [2.24, 2.45) is 5.41 Å². The molecule has 0 fully saturated rings. The van der Waals surface area contributed by atoms with Crippen molar-refractivity contribution in [2.45, 2.75) is 61.3 Å². The summed E-state index contributed by atoms with van der Waals surface area (Å²) >= 11 is 0. The fourth-order valence-corrected chi connectivity index (χ4v) is 2.66. The molecule has 0 radical (unpaired) electrons. The molecule has 1 aromatic heterocycles. The number of Topliss-reactive ketones (excluding diaryl/α,β-unsaturated/α-hetero) is 1. The van der Waals surface area contributed by atoms with E-state index in [1.807, 2.05) is 52.0 Å². The minimum atomic E-state index is -0.235. The monoisotopic (exact) mass is 421 g/mol. The van der Waals surface area contributed by atoms with Crippen molar-refractivity contribution in [3.8, 4) is 0 Å². The normalized spacial score (nSPS) is 11.3. The summed E-state index contributed by atoms with van der Waals surface area (Å²) in [5.74, 6) is -0.268. The van der Waals surface area contributed by atoms with E-state index in [0.29, 0.717) is 11.4 Å². The lowest BCUT2D eigenvalue weighted by atomic mass is 9.86. The van der Waals surface area contributed by atoms with E-state index < -0.39 is 0 Å². The molecule has 1 aromatic carbocycles. The number of aryl methyl sites for hydroxylation is 1. The second-order valence-electron chi connectivity index (χ2n) is 8.29. The zero-order chi connectivity index (χ0) is 23.6. The van der Waals surface area contributed by atoms with E-state index in [4.69, 9.17) is 5.41 Å². The highest BCUT2D eigenvalue weighted by Gasteiger charge is 2.14. The summed E-state index contributed by atoms with van der Waals surface area (Å²) in [4.78, 5) is 28.8. The molecule has 1 heterocycles. The van der Waals surface area contributed by atoms with Gasteiger partial charge in [-0.1, -0.05) is 58.4 Å². The molecule has 2 N–H and O–H groups in total.